The molecule has 1 aromatic heterocycles. The second-order valence-corrected chi connectivity index (χ2v) is 7.75. The summed E-state index contributed by atoms with van der Waals surface area (Å²) in [5.74, 6) is -0.611. The van der Waals surface area contributed by atoms with Crippen molar-refractivity contribution in [3.05, 3.63) is 68.7 Å². The summed E-state index contributed by atoms with van der Waals surface area (Å²) >= 11 is 0. The lowest BCUT2D eigenvalue weighted by molar-refractivity contribution is -0.384. The lowest BCUT2D eigenvalue weighted by Gasteiger charge is -2.31. The van der Waals surface area contributed by atoms with E-state index in [-0.39, 0.29) is 24.4 Å². The molecule has 162 valence electrons. The molecule has 1 aliphatic rings. The molecule has 0 atom stereocenters. The molecular weight excluding hydrogens is 402 g/mol. The van der Waals surface area contributed by atoms with Crippen LogP contribution in [0.3, 0.4) is 0 Å². The molecule has 0 amide bonds. The van der Waals surface area contributed by atoms with Crippen LogP contribution in [0.15, 0.2) is 51.7 Å². The minimum Gasteiger partial charge on any atom is -0.460 e. The Morgan fingerprint density at radius 2 is 1.97 bits per heavy atom. The van der Waals surface area contributed by atoms with Gasteiger partial charge in [-0.25, -0.2) is 9.59 Å². The fraction of sp³-hybridized carbons (Fsp3) is 0.364. The highest BCUT2D eigenvalue weighted by molar-refractivity contribution is 5.91. The molecule has 0 aliphatic carbocycles. The van der Waals surface area contributed by atoms with E-state index >= 15 is 0 Å². The molecule has 0 N–H and O–H groups in total. The number of anilines is 1. The number of ether oxygens (including phenoxy) is 1. The fourth-order valence-corrected chi connectivity index (χ4v) is 3.85. The van der Waals surface area contributed by atoms with Crippen LogP contribution in [-0.2, 0) is 11.3 Å². The zero-order valence-electron chi connectivity index (χ0n) is 17.2. The molecule has 2 aromatic carbocycles. The van der Waals surface area contributed by atoms with Gasteiger partial charge >= 0.3 is 11.7 Å². The van der Waals surface area contributed by atoms with Gasteiger partial charge in [-0.3, -0.25) is 14.7 Å². The number of nitro benzene ring substituents is 1. The van der Waals surface area contributed by atoms with Crippen LogP contribution >= 0.6 is 0 Å². The molecule has 2 heterocycles. The minimum absolute atomic E-state index is 0.0676. The van der Waals surface area contributed by atoms with Gasteiger partial charge in [-0.05, 0) is 43.0 Å². The second kappa shape index (κ2) is 8.63. The molecule has 0 saturated carbocycles. The molecule has 0 bridgehead atoms. The van der Waals surface area contributed by atoms with Crippen molar-refractivity contribution >= 4 is 28.4 Å². The minimum atomic E-state index is -0.678. The van der Waals surface area contributed by atoms with Crippen molar-refractivity contribution in [3.8, 4) is 0 Å². The lowest BCUT2D eigenvalue weighted by Crippen LogP contribution is -2.33. The van der Waals surface area contributed by atoms with Gasteiger partial charge in [-0.1, -0.05) is 19.1 Å². The summed E-state index contributed by atoms with van der Waals surface area (Å²) < 4.78 is 11.8. The van der Waals surface area contributed by atoms with Gasteiger partial charge in [-0.2, -0.15) is 0 Å². The van der Waals surface area contributed by atoms with Crippen molar-refractivity contribution in [2.24, 2.45) is 5.92 Å². The van der Waals surface area contributed by atoms with Crippen LogP contribution in [0.25, 0.3) is 11.1 Å². The summed E-state index contributed by atoms with van der Waals surface area (Å²) in [5.41, 5.74) is 1.58. The third-order valence-corrected chi connectivity index (χ3v) is 5.65. The Hall–Kier alpha value is -3.62. The van der Waals surface area contributed by atoms with Crippen molar-refractivity contribution in [1.29, 1.82) is 0 Å². The summed E-state index contributed by atoms with van der Waals surface area (Å²) in [6, 6.07) is 11.4. The van der Waals surface area contributed by atoms with Crippen molar-refractivity contribution in [3.63, 3.8) is 0 Å². The monoisotopic (exact) mass is 425 g/mol. The number of piperidine rings is 1. The molecule has 31 heavy (non-hydrogen) atoms. The Kier molecular flexibility index (Phi) is 5.75. The van der Waals surface area contributed by atoms with E-state index in [1.165, 1.54) is 10.6 Å². The van der Waals surface area contributed by atoms with Gasteiger partial charge in [0.25, 0.3) is 5.69 Å². The number of esters is 1. The Bertz CT molecular complexity index is 1170. The number of carbonyl (C=O) groups is 1. The van der Waals surface area contributed by atoms with Gasteiger partial charge in [0.2, 0.25) is 0 Å². The molecule has 0 unspecified atom stereocenters. The van der Waals surface area contributed by atoms with Gasteiger partial charge in [0.15, 0.2) is 5.58 Å². The average Bonchev–Trinajstić information content (AvgIpc) is 3.09. The van der Waals surface area contributed by atoms with E-state index in [4.69, 9.17) is 9.15 Å². The summed E-state index contributed by atoms with van der Waals surface area (Å²) in [7, 11) is 0. The van der Waals surface area contributed by atoms with E-state index in [1.807, 2.05) is 4.90 Å². The summed E-state index contributed by atoms with van der Waals surface area (Å²) in [4.78, 5) is 37.6. The lowest BCUT2D eigenvalue weighted by atomic mass is 9.98. The summed E-state index contributed by atoms with van der Waals surface area (Å²) in [5, 5.41) is 11.6. The van der Waals surface area contributed by atoms with E-state index in [0.717, 1.165) is 25.9 Å². The number of carbonyl (C=O) groups excluding carboxylic acids is 1. The van der Waals surface area contributed by atoms with E-state index < -0.39 is 16.6 Å². The fourth-order valence-electron chi connectivity index (χ4n) is 3.85. The maximum Gasteiger partial charge on any atom is 0.420 e. The molecule has 1 aliphatic heterocycles. The third-order valence-electron chi connectivity index (χ3n) is 5.65. The maximum absolute atomic E-state index is 12.5. The van der Waals surface area contributed by atoms with E-state index in [9.17, 15) is 19.7 Å². The quantitative estimate of drug-likeness (QED) is 0.337. The van der Waals surface area contributed by atoms with Gasteiger partial charge in [0.05, 0.1) is 22.5 Å². The predicted molar refractivity (Wildman–Crippen MR) is 114 cm³/mol. The first-order valence-corrected chi connectivity index (χ1v) is 10.2. The molecule has 9 heteroatoms. The number of fused-ring (bicyclic) bond motifs is 1. The molecular formula is C22H23N3O6. The average molecular weight is 425 g/mol. The number of nitro groups is 1. The number of nitrogens with zero attached hydrogens (tertiary/aromatic N) is 3. The maximum atomic E-state index is 12.5. The standard InChI is InChI=1S/C22H23N3O6/c1-15-8-10-23(11-9-15)17-7-6-16(14-19(17)25(28)29)21(26)30-13-12-24-18-4-2-3-5-20(18)31-22(24)27/h2-7,14-15H,8-13H2,1H3. The number of oxazole rings is 1. The molecule has 1 saturated heterocycles. The van der Waals surface area contributed by atoms with Crippen LogP contribution in [-0.4, -0.2) is 35.2 Å². The van der Waals surface area contributed by atoms with Crippen LogP contribution in [0, 0.1) is 16.0 Å². The second-order valence-electron chi connectivity index (χ2n) is 7.75. The number of hydrogen-bond acceptors (Lipinski definition) is 7. The molecule has 9 nitrogen and oxygen atoms in total. The van der Waals surface area contributed by atoms with Gasteiger partial charge < -0.3 is 14.1 Å². The van der Waals surface area contributed by atoms with Gasteiger partial charge in [0, 0.05) is 19.2 Å². The smallest absolute Gasteiger partial charge is 0.420 e. The van der Waals surface area contributed by atoms with Crippen molar-refractivity contribution < 1.29 is 18.9 Å². The SMILES string of the molecule is CC1CCN(c2ccc(C(=O)OCCn3c(=O)oc4ccccc43)cc2[N+](=O)[O-])CC1. The van der Waals surface area contributed by atoms with Crippen molar-refractivity contribution in [2.45, 2.75) is 26.3 Å². The van der Waals surface area contributed by atoms with Crippen LogP contribution in [0.5, 0.6) is 0 Å². The Balaban J connectivity index is 1.45. The first-order valence-electron chi connectivity index (χ1n) is 10.2. The van der Waals surface area contributed by atoms with Crippen LogP contribution in [0.1, 0.15) is 30.1 Å². The Morgan fingerprint density at radius 3 is 2.71 bits per heavy atom. The first-order chi connectivity index (χ1) is 14.9. The van der Waals surface area contributed by atoms with E-state index in [0.29, 0.717) is 22.7 Å². The van der Waals surface area contributed by atoms with Gasteiger partial charge in [0.1, 0.15) is 12.3 Å². The van der Waals surface area contributed by atoms with Crippen LogP contribution in [0.4, 0.5) is 11.4 Å². The zero-order chi connectivity index (χ0) is 22.0. The summed E-state index contributed by atoms with van der Waals surface area (Å²) in [6.45, 7) is 3.72. The number of aromatic nitrogens is 1. The number of benzene rings is 2. The van der Waals surface area contributed by atoms with E-state index in [1.54, 1.807) is 36.4 Å². The zero-order valence-corrected chi connectivity index (χ0v) is 17.2. The van der Waals surface area contributed by atoms with Crippen molar-refractivity contribution in [1.82, 2.24) is 4.57 Å². The number of para-hydroxylation sites is 2. The molecule has 0 radical (unpaired) electrons. The van der Waals surface area contributed by atoms with Crippen molar-refractivity contribution in [2.75, 3.05) is 24.6 Å². The molecule has 1 fully saturated rings. The summed E-state index contributed by atoms with van der Waals surface area (Å²) in [6.07, 6.45) is 1.95. The van der Waals surface area contributed by atoms with Crippen LogP contribution in [0.2, 0.25) is 0 Å². The Morgan fingerprint density at radius 1 is 1.23 bits per heavy atom. The Labute approximate surface area is 178 Å². The number of rotatable bonds is 6. The highest BCUT2D eigenvalue weighted by Gasteiger charge is 2.25. The number of hydrogen-bond donors (Lipinski definition) is 0. The van der Waals surface area contributed by atoms with E-state index in [2.05, 4.69) is 6.92 Å². The van der Waals surface area contributed by atoms with Crippen LogP contribution < -0.4 is 10.7 Å². The predicted octanol–water partition coefficient (Wildman–Crippen LogP) is 3.60. The highest BCUT2D eigenvalue weighted by Crippen LogP contribution is 2.32. The largest absolute Gasteiger partial charge is 0.460 e. The topological polar surface area (TPSA) is 108 Å². The molecule has 0 spiro atoms. The third kappa shape index (κ3) is 4.30. The highest BCUT2D eigenvalue weighted by atomic mass is 16.6. The first kappa shape index (κ1) is 20.6. The normalized spacial score (nSPS) is 14.7. The molecule has 4 rings (SSSR count). The molecule has 3 aromatic rings. The van der Waals surface area contributed by atoms with Gasteiger partial charge in [-0.15, -0.1) is 0 Å².